The molecular weight excluding hydrogens is 240 g/mol. The zero-order valence-corrected chi connectivity index (χ0v) is 11.6. The Morgan fingerprint density at radius 3 is 2.32 bits per heavy atom. The van der Waals surface area contributed by atoms with Crippen molar-refractivity contribution in [1.82, 2.24) is 9.78 Å². The zero-order chi connectivity index (χ0) is 14.2. The number of rotatable bonds is 2. The van der Waals surface area contributed by atoms with Gasteiger partial charge in [-0.25, -0.2) is 0 Å². The minimum Gasteiger partial charge on any atom is -0.399 e. The molecule has 5 nitrogen and oxygen atoms in total. The van der Waals surface area contributed by atoms with Gasteiger partial charge in [0, 0.05) is 24.6 Å². The number of nitrogens with zero attached hydrogens (tertiary/aromatic N) is 2. The van der Waals surface area contributed by atoms with Gasteiger partial charge in [-0.05, 0) is 44.0 Å². The van der Waals surface area contributed by atoms with Gasteiger partial charge in [-0.15, -0.1) is 0 Å². The Hall–Kier alpha value is -2.30. The Kier molecular flexibility index (Phi) is 3.29. The van der Waals surface area contributed by atoms with Gasteiger partial charge in [0.25, 0.3) is 5.91 Å². The summed E-state index contributed by atoms with van der Waals surface area (Å²) < 4.78 is 1.63. The van der Waals surface area contributed by atoms with Crippen LogP contribution in [0, 0.1) is 20.8 Å². The Balaban J connectivity index is 2.32. The second kappa shape index (κ2) is 4.76. The lowest BCUT2D eigenvalue weighted by Crippen LogP contribution is -2.14. The van der Waals surface area contributed by atoms with Gasteiger partial charge >= 0.3 is 0 Å². The number of aryl methyl sites for hydroxylation is 4. The highest BCUT2D eigenvalue weighted by molar-refractivity contribution is 6.05. The summed E-state index contributed by atoms with van der Waals surface area (Å²) in [7, 11) is 1.80. The summed E-state index contributed by atoms with van der Waals surface area (Å²) >= 11 is 0. The number of nitrogens with one attached hydrogen (secondary N) is 1. The summed E-state index contributed by atoms with van der Waals surface area (Å²) in [6, 6.07) is 3.69. The Morgan fingerprint density at radius 1 is 1.26 bits per heavy atom. The van der Waals surface area contributed by atoms with E-state index in [0.717, 1.165) is 16.8 Å². The molecule has 0 unspecified atom stereocenters. The van der Waals surface area contributed by atoms with Crippen LogP contribution in [0.5, 0.6) is 0 Å². The molecule has 1 amide bonds. The van der Waals surface area contributed by atoms with E-state index in [1.807, 2.05) is 32.9 Å². The van der Waals surface area contributed by atoms with Crippen LogP contribution in [0.2, 0.25) is 0 Å². The molecule has 5 heteroatoms. The summed E-state index contributed by atoms with van der Waals surface area (Å²) in [5, 5.41) is 7.10. The van der Waals surface area contributed by atoms with Gasteiger partial charge in [-0.2, -0.15) is 5.10 Å². The van der Waals surface area contributed by atoms with Crippen molar-refractivity contribution in [2.75, 3.05) is 11.1 Å². The smallest absolute Gasteiger partial charge is 0.259 e. The van der Waals surface area contributed by atoms with Crippen molar-refractivity contribution in [3.63, 3.8) is 0 Å². The molecule has 2 rings (SSSR count). The molecule has 0 aliphatic carbocycles. The van der Waals surface area contributed by atoms with Crippen molar-refractivity contribution in [2.45, 2.75) is 20.8 Å². The third kappa shape index (κ3) is 2.59. The van der Waals surface area contributed by atoms with Crippen molar-refractivity contribution < 1.29 is 4.79 Å². The van der Waals surface area contributed by atoms with E-state index in [1.165, 1.54) is 0 Å². The fraction of sp³-hybridized carbons (Fsp3) is 0.286. The van der Waals surface area contributed by atoms with E-state index >= 15 is 0 Å². The highest BCUT2D eigenvalue weighted by Crippen LogP contribution is 2.24. The van der Waals surface area contributed by atoms with Crippen LogP contribution in [0.1, 0.15) is 27.2 Å². The number of nitrogens with two attached hydrogens (primary N) is 1. The zero-order valence-electron chi connectivity index (χ0n) is 11.6. The molecule has 3 N–H and O–H groups in total. The van der Waals surface area contributed by atoms with Crippen LogP contribution >= 0.6 is 0 Å². The van der Waals surface area contributed by atoms with Gasteiger partial charge in [0.2, 0.25) is 0 Å². The predicted molar refractivity (Wildman–Crippen MR) is 76.2 cm³/mol. The Bertz CT molecular complexity index is 620. The van der Waals surface area contributed by atoms with Crippen molar-refractivity contribution in [1.29, 1.82) is 0 Å². The number of nitrogen functional groups attached to an aromatic ring is 1. The summed E-state index contributed by atoms with van der Waals surface area (Å²) in [6.07, 6.45) is 1.71. The SMILES string of the molecule is Cc1cc(N)cc(C)c1NC(=O)c1cn(C)nc1C. The number of aromatic nitrogens is 2. The maximum atomic E-state index is 12.2. The van der Waals surface area contributed by atoms with Gasteiger partial charge in [-0.1, -0.05) is 0 Å². The third-order valence-corrected chi connectivity index (χ3v) is 3.05. The first-order chi connectivity index (χ1) is 8.88. The maximum Gasteiger partial charge on any atom is 0.259 e. The first-order valence-corrected chi connectivity index (χ1v) is 6.07. The molecule has 0 saturated heterocycles. The molecule has 0 aliphatic rings. The topological polar surface area (TPSA) is 72.9 Å². The van der Waals surface area contributed by atoms with Crippen molar-refractivity contribution in [3.05, 3.63) is 40.7 Å². The van der Waals surface area contributed by atoms with Crippen LogP contribution in [-0.4, -0.2) is 15.7 Å². The summed E-state index contributed by atoms with van der Waals surface area (Å²) in [4.78, 5) is 12.2. The average Bonchev–Trinajstić information content (AvgIpc) is 2.62. The molecule has 1 heterocycles. The van der Waals surface area contributed by atoms with E-state index in [-0.39, 0.29) is 5.91 Å². The monoisotopic (exact) mass is 258 g/mol. The second-order valence-electron chi connectivity index (χ2n) is 4.79. The quantitative estimate of drug-likeness (QED) is 0.811. The fourth-order valence-corrected chi connectivity index (χ4v) is 2.20. The minimum atomic E-state index is -0.151. The number of hydrogen-bond acceptors (Lipinski definition) is 3. The minimum absolute atomic E-state index is 0.151. The molecule has 0 bridgehead atoms. The predicted octanol–water partition coefficient (Wildman–Crippen LogP) is 2.18. The number of carbonyl (C=O) groups excluding carboxylic acids is 1. The van der Waals surface area contributed by atoms with Crippen LogP contribution < -0.4 is 11.1 Å². The molecule has 0 spiro atoms. The van der Waals surface area contributed by atoms with Crippen LogP contribution in [0.4, 0.5) is 11.4 Å². The molecule has 0 saturated carbocycles. The van der Waals surface area contributed by atoms with Gasteiger partial charge < -0.3 is 11.1 Å². The van der Waals surface area contributed by atoms with Crippen molar-refractivity contribution >= 4 is 17.3 Å². The first-order valence-electron chi connectivity index (χ1n) is 6.07. The van der Waals surface area contributed by atoms with Crippen molar-refractivity contribution in [2.24, 2.45) is 7.05 Å². The highest BCUT2D eigenvalue weighted by atomic mass is 16.1. The van der Waals surface area contributed by atoms with Crippen LogP contribution in [0.15, 0.2) is 18.3 Å². The number of benzene rings is 1. The van der Waals surface area contributed by atoms with E-state index in [9.17, 15) is 4.79 Å². The Labute approximate surface area is 112 Å². The normalized spacial score (nSPS) is 10.5. The maximum absolute atomic E-state index is 12.2. The first kappa shape index (κ1) is 13.1. The van der Waals surface area contributed by atoms with E-state index in [2.05, 4.69) is 10.4 Å². The van der Waals surface area contributed by atoms with Crippen LogP contribution in [0.3, 0.4) is 0 Å². The summed E-state index contributed by atoms with van der Waals surface area (Å²) in [6.45, 7) is 5.67. The Morgan fingerprint density at radius 2 is 1.84 bits per heavy atom. The lowest BCUT2D eigenvalue weighted by atomic mass is 10.1. The summed E-state index contributed by atoms with van der Waals surface area (Å²) in [5.74, 6) is -0.151. The van der Waals surface area contributed by atoms with E-state index < -0.39 is 0 Å². The van der Waals surface area contributed by atoms with Crippen LogP contribution in [-0.2, 0) is 7.05 Å². The molecule has 2 aromatic rings. The summed E-state index contributed by atoms with van der Waals surface area (Å²) in [5.41, 5.74) is 10.5. The lowest BCUT2D eigenvalue weighted by molar-refractivity contribution is 0.102. The molecule has 0 fully saturated rings. The molecule has 1 aromatic heterocycles. The standard InChI is InChI=1S/C14H18N4O/c1-8-5-11(15)6-9(2)13(8)16-14(19)12-7-18(4)17-10(12)3/h5-7H,15H2,1-4H3,(H,16,19). The number of hydrogen-bond donors (Lipinski definition) is 2. The number of anilines is 2. The average molecular weight is 258 g/mol. The van der Waals surface area contributed by atoms with Gasteiger partial charge in [0.1, 0.15) is 0 Å². The second-order valence-corrected chi connectivity index (χ2v) is 4.79. The van der Waals surface area contributed by atoms with Gasteiger partial charge in [-0.3, -0.25) is 9.48 Å². The molecule has 0 radical (unpaired) electrons. The largest absolute Gasteiger partial charge is 0.399 e. The van der Waals surface area contributed by atoms with Gasteiger partial charge in [0.05, 0.1) is 11.3 Å². The third-order valence-electron chi connectivity index (χ3n) is 3.05. The fourth-order valence-electron chi connectivity index (χ4n) is 2.20. The van der Waals surface area contributed by atoms with E-state index in [0.29, 0.717) is 16.9 Å². The van der Waals surface area contributed by atoms with E-state index in [4.69, 9.17) is 5.73 Å². The molecular formula is C14H18N4O. The van der Waals surface area contributed by atoms with E-state index in [1.54, 1.807) is 17.9 Å². The molecule has 1 aromatic carbocycles. The van der Waals surface area contributed by atoms with Crippen molar-refractivity contribution in [3.8, 4) is 0 Å². The van der Waals surface area contributed by atoms with Gasteiger partial charge in [0.15, 0.2) is 0 Å². The molecule has 100 valence electrons. The van der Waals surface area contributed by atoms with Crippen LogP contribution in [0.25, 0.3) is 0 Å². The number of amides is 1. The molecule has 0 atom stereocenters. The molecule has 19 heavy (non-hydrogen) atoms. The molecule has 0 aliphatic heterocycles. The number of carbonyl (C=O) groups is 1. The highest BCUT2D eigenvalue weighted by Gasteiger charge is 2.14. The lowest BCUT2D eigenvalue weighted by Gasteiger charge is -2.12.